The average Bonchev–Trinajstić information content (AvgIpc) is 3.49. The van der Waals surface area contributed by atoms with Crippen LogP contribution in [0.15, 0.2) is 48.8 Å². The molecule has 36 heavy (non-hydrogen) atoms. The Bertz CT molecular complexity index is 1580. The summed E-state index contributed by atoms with van der Waals surface area (Å²) < 4.78 is 3.14. The van der Waals surface area contributed by atoms with Gasteiger partial charge in [0, 0.05) is 31.9 Å². The minimum absolute atomic E-state index is 0.236. The number of carboxylic acids is 1. The van der Waals surface area contributed by atoms with Gasteiger partial charge in [0.15, 0.2) is 17.0 Å². The number of hydrogen-bond acceptors (Lipinski definition) is 9. The molecule has 12 nitrogen and oxygen atoms in total. The Hall–Kier alpha value is -4.74. The van der Waals surface area contributed by atoms with E-state index in [1.807, 2.05) is 37.3 Å². The highest BCUT2D eigenvalue weighted by molar-refractivity contribution is 5.86. The van der Waals surface area contributed by atoms with Crippen molar-refractivity contribution in [2.45, 2.75) is 13.5 Å². The van der Waals surface area contributed by atoms with Crippen molar-refractivity contribution in [1.29, 1.82) is 0 Å². The van der Waals surface area contributed by atoms with E-state index in [1.165, 1.54) is 10.9 Å². The fourth-order valence-corrected chi connectivity index (χ4v) is 4.54. The van der Waals surface area contributed by atoms with Crippen LogP contribution < -0.4 is 9.80 Å². The summed E-state index contributed by atoms with van der Waals surface area (Å²) in [6, 6.07) is 13.0. The molecular formula is C24H23N9O3. The van der Waals surface area contributed by atoms with Crippen molar-refractivity contribution in [3.05, 3.63) is 54.4 Å². The molecule has 0 atom stereocenters. The van der Waals surface area contributed by atoms with Gasteiger partial charge in [0.25, 0.3) is 0 Å². The minimum Gasteiger partial charge on any atom is -0.508 e. The summed E-state index contributed by atoms with van der Waals surface area (Å²) in [5.41, 5.74) is 4.45. The molecule has 0 bridgehead atoms. The predicted molar refractivity (Wildman–Crippen MR) is 133 cm³/mol. The normalized spacial score (nSPS) is 14.1. The second kappa shape index (κ2) is 8.48. The quantitative estimate of drug-likeness (QED) is 0.380. The molecule has 0 radical (unpaired) electrons. The van der Waals surface area contributed by atoms with Crippen molar-refractivity contribution in [2.75, 3.05) is 36.0 Å². The van der Waals surface area contributed by atoms with Gasteiger partial charge in [-0.2, -0.15) is 14.6 Å². The lowest BCUT2D eigenvalue weighted by Crippen LogP contribution is -2.47. The van der Waals surface area contributed by atoms with Gasteiger partial charge in [-0.05, 0) is 42.8 Å². The summed E-state index contributed by atoms with van der Waals surface area (Å²) in [5, 5.41) is 27.7. The van der Waals surface area contributed by atoms with E-state index >= 15 is 0 Å². The minimum atomic E-state index is -0.986. The fraction of sp³-hybridized carbons (Fsp3) is 0.250. The maximum atomic E-state index is 11.5. The molecule has 1 aliphatic rings. The first-order valence-electron chi connectivity index (χ1n) is 11.5. The smallest absolute Gasteiger partial charge is 0.323 e. The Balaban J connectivity index is 1.41. The number of benzene rings is 2. The third-order valence-electron chi connectivity index (χ3n) is 6.40. The van der Waals surface area contributed by atoms with E-state index in [-0.39, 0.29) is 12.3 Å². The number of carbonyl (C=O) groups is 1. The molecule has 2 N–H and O–H groups in total. The Morgan fingerprint density at radius 3 is 2.47 bits per heavy atom. The van der Waals surface area contributed by atoms with Crippen molar-refractivity contribution in [1.82, 2.24) is 34.5 Å². The number of anilines is 2. The number of piperazine rings is 1. The molecule has 1 saturated heterocycles. The zero-order chi connectivity index (χ0) is 24.8. The van der Waals surface area contributed by atoms with E-state index in [9.17, 15) is 15.0 Å². The largest absolute Gasteiger partial charge is 0.508 e. The number of fused-ring (bicyclic) bond motifs is 2. The van der Waals surface area contributed by atoms with E-state index in [0.29, 0.717) is 36.0 Å². The molecule has 12 heteroatoms. The zero-order valence-electron chi connectivity index (χ0n) is 19.5. The Kier molecular flexibility index (Phi) is 5.13. The highest BCUT2D eigenvalue weighted by Crippen LogP contribution is 2.27. The van der Waals surface area contributed by atoms with Gasteiger partial charge >= 0.3 is 5.97 Å². The van der Waals surface area contributed by atoms with Crippen molar-refractivity contribution < 1.29 is 15.0 Å². The molecule has 1 fully saturated rings. The number of hydrogen-bond donors (Lipinski definition) is 2. The number of aliphatic carboxylic acids is 1. The van der Waals surface area contributed by atoms with Crippen LogP contribution in [0.2, 0.25) is 0 Å². The summed E-state index contributed by atoms with van der Waals surface area (Å²) in [6.45, 7) is 4.50. The number of rotatable bonds is 5. The van der Waals surface area contributed by atoms with Crippen LogP contribution in [0.25, 0.3) is 28.0 Å². The van der Waals surface area contributed by atoms with Crippen LogP contribution in [0.4, 0.5) is 11.6 Å². The van der Waals surface area contributed by atoms with Gasteiger partial charge in [-0.3, -0.25) is 4.79 Å². The summed E-state index contributed by atoms with van der Waals surface area (Å²) in [5.74, 6) is 0.181. The van der Waals surface area contributed by atoms with Gasteiger partial charge in [-0.1, -0.05) is 17.3 Å². The van der Waals surface area contributed by atoms with Gasteiger partial charge in [0.1, 0.15) is 17.8 Å². The molecule has 5 aromatic rings. The number of carboxylic acid groups (broad SMARTS) is 1. The molecule has 0 amide bonds. The van der Waals surface area contributed by atoms with Crippen molar-refractivity contribution in [3.63, 3.8) is 0 Å². The van der Waals surface area contributed by atoms with Crippen molar-refractivity contribution in [3.8, 4) is 11.6 Å². The lowest BCUT2D eigenvalue weighted by atomic mass is 10.2. The SMILES string of the molecule is Cc1cccc2c1nnn2-c1nc(N2CCN(c3ccc(O)cc3)CC2)nc2c1ncn2CC(=O)O. The number of phenols is 1. The molecule has 4 heterocycles. The summed E-state index contributed by atoms with van der Waals surface area (Å²) in [7, 11) is 0. The first kappa shape index (κ1) is 21.8. The highest BCUT2D eigenvalue weighted by atomic mass is 16.4. The molecule has 0 aliphatic carbocycles. The lowest BCUT2D eigenvalue weighted by Gasteiger charge is -2.36. The molecule has 0 saturated carbocycles. The number of nitrogens with zero attached hydrogens (tertiary/aromatic N) is 9. The van der Waals surface area contributed by atoms with E-state index in [1.54, 1.807) is 16.8 Å². The molecular weight excluding hydrogens is 462 g/mol. The Morgan fingerprint density at radius 2 is 1.72 bits per heavy atom. The third kappa shape index (κ3) is 3.72. The first-order valence-corrected chi connectivity index (χ1v) is 11.5. The van der Waals surface area contributed by atoms with E-state index in [4.69, 9.17) is 9.97 Å². The zero-order valence-corrected chi connectivity index (χ0v) is 19.5. The van der Waals surface area contributed by atoms with Crippen LogP contribution in [0.3, 0.4) is 0 Å². The molecule has 1 aliphatic heterocycles. The van der Waals surface area contributed by atoms with Gasteiger partial charge < -0.3 is 24.6 Å². The average molecular weight is 486 g/mol. The molecule has 6 rings (SSSR count). The highest BCUT2D eigenvalue weighted by Gasteiger charge is 2.24. The second-order valence-corrected chi connectivity index (χ2v) is 8.72. The standard InChI is InChI=1S/C24H23N9O3/c1-15-3-2-4-18-20(15)28-29-33(18)23-21-22(32(14-25-21)13-19(35)36)26-24(27-23)31-11-9-30(10-12-31)16-5-7-17(34)8-6-16/h2-8,14,34H,9-13H2,1H3,(H,35,36). The van der Waals surface area contributed by atoms with Crippen molar-refractivity contribution >= 4 is 39.8 Å². The van der Waals surface area contributed by atoms with Crippen LogP contribution >= 0.6 is 0 Å². The van der Waals surface area contributed by atoms with E-state index in [2.05, 4.69) is 25.1 Å². The van der Waals surface area contributed by atoms with Gasteiger partial charge in [-0.15, -0.1) is 5.10 Å². The lowest BCUT2D eigenvalue weighted by molar-refractivity contribution is -0.137. The number of phenolic OH excluding ortho intramolecular Hbond substituents is 1. The van der Waals surface area contributed by atoms with Crippen LogP contribution in [-0.2, 0) is 11.3 Å². The van der Waals surface area contributed by atoms with Gasteiger partial charge in [-0.25, -0.2) is 4.98 Å². The van der Waals surface area contributed by atoms with Gasteiger partial charge in [0.2, 0.25) is 5.95 Å². The Labute approximate surface area is 205 Å². The number of aromatic nitrogens is 7. The fourth-order valence-electron chi connectivity index (χ4n) is 4.54. The number of imidazole rings is 1. The summed E-state index contributed by atoms with van der Waals surface area (Å²) >= 11 is 0. The predicted octanol–water partition coefficient (Wildman–Crippen LogP) is 1.99. The summed E-state index contributed by atoms with van der Waals surface area (Å²) in [4.78, 5) is 29.8. The summed E-state index contributed by atoms with van der Waals surface area (Å²) in [6.07, 6.45) is 1.47. The molecule has 182 valence electrons. The van der Waals surface area contributed by atoms with Gasteiger partial charge in [0.05, 0.1) is 11.8 Å². The van der Waals surface area contributed by atoms with E-state index in [0.717, 1.165) is 35.4 Å². The Morgan fingerprint density at radius 1 is 0.972 bits per heavy atom. The van der Waals surface area contributed by atoms with Crippen LogP contribution in [0.5, 0.6) is 5.75 Å². The molecule has 0 unspecified atom stereocenters. The maximum Gasteiger partial charge on any atom is 0.323 e. The van der Waals surface area contributed by atoms with E-state index < -0.39 is 5.97 Å². The topological polar surface area (TPSA) is 138 Å². The molecule has 2 aromatic carbocycles. The van der Waals surface area contributed by atoms with Crippen molar-refractivity contribution in [2.24, 2.45) is 0 Å². The third-order valence-corrected chi connectivity index (χ3v) is 6.40. The van der Waals surface area contributed by atoms with Crippen LogP contribution in [0, 0.1) is 6.92 Å². The van der Waals surface area contributed by atoms with Crippen LogP contribution in [0.1, 0.15) is 5.56 Å². The maximum absolute atomic E-state index is 11.5. The molecule has 0 spiro atoms. The number of aromatic hydroxyl groups is 1. The van der Waals surface area contributed by atoms with Crippen LogP contribution in [-0.4, -0.2) is 76.9 Å². The molecule has 3 aromatic heterocycles. The first-order chi connectivity index (χ1) is 17.5. The monoisotopic (exact) mass is 485 g/mol. The number of aryl methyl sites for hydroxylation is 1. The second-order valence-electron chi connectivity index (χ2n) is 8.72.